The summed E-state index contributed by atoms with van der Waals surface area (Å²) in [6.07, 6.45) is 34.3. The van der Waals surface area contributed by atoms with Crippen LogP contribution < -0.4 is 0 Å². The van der Waals surface area contributed by atoms with E-state index in [0.29, 0.717) is 21.7 Å². The fourth-order valence-corrected chi connectivity index (χ4v) is 17.3. The van der Waals surface area contributed by atoms with Gasteiger partial charge in [-0.2, -0.15) is 0 Å². The van der Waals surface area contributed by atoms with Gasteiger partial charge in [0.15, 0.2) is 0 Å². The van der Waals surface area contributed by atoms with Crippen LogP contribution in [0.3, 0.4) is 0 Å². The van der Waals surface area contributed by atoms with Gasteiger partial charge in [-0.15, -0.1) is 24.8 Å². The lowest BCUT2D eigenvalue weighted by atomic mass is 9.47. The smallest absolute Gasteiger partial charge is 0.0577 e. The van der Waals surface area contributed by atoms with Gasteiger partial charge in [0.2, 0.25) is 0 Å². The number of hydrogen-bond acceptors (Lipinski definition) is 2. The summed E-state index contributed by atoms with van der Waals surface area (Å²) in [5, 5.41) is 20.4. The minimum absolute atomic E-state index is 0. The van der Waals surface area contributed by atoms with Gasteiger partial charge in [-0.05, 0) is 195 Å². The maximum absolute atomic E-state index is 10.2. The Balaban J connectivity index is 0.000000214. The lowest BCUT2D eigenvalue weighted by Crippen LogP contribution is -2.50. The molecule has 0 radical (unpaired) electrons. The zero-order valence-electron chi connectivity index (χ0n) is 39.5. The Morgan fingerprint density at radius 1 is 0.500 bits per heavy atom. The molecule has 6 saturated carbocycles. The predicted octanol–water partition coefficient (Wildman–Crippen LogP) is 15.6. The molecule has 16 atom stereocenters. The first-order valence-electron chi connectivity index (χ1n) is 25.3. The number of allylic oxidation sites excluding steroid dienone is 2. The van der Waals surface area contributed by atoms with Crippen LogP contribution in [-0.2, 0) is 0 Å². The molecule has 0 aromatic heterocycles. The average molecular weight is 846 g/mol. The molecule has 336 valence electrons. The van der Waals surface area contributed by atoms with E-state index in [1.54, 1.807) is 11.1 Å². The van der Waals surface area contributed by atoms with Crippen LogP contribution in [0.25, 0.3) is 0 Å². The molecular weight excluding hydrogens is 751 g/mol. The molecule has 2 N–H and O–H groups in total. The van der Waals surface area contributed by atoms with Crippen molar-refractivity contribution in [2.45, 2.75) is 223 Å². The first-order chi connectivity index (χ1) is 26.5. The van der Waals surface area contributed by atoms with E-state index in [-0.39, 0.29) is 37.0 Å². The summed E-state index contributed by atoms with van der Waals surface area (Å²) < 4.78 is 0. The molecule has 0 aromatic carbocycles. The van der Waals surface area contributed by atoms with Crippen molar-refractivity contribution in [1.29, 1.82) is 0 Å². The Bertz CT molecular complexity index is 1300. The Labute approximate surface area is 372 Å². The zero-order chi connectivity index (χ0) is 40.2. The molecule has 2 unspecified atom stereocenters. The molecule has 0 spiro atoms. The van der Waals surface area contributed by atoms with E-state index in [2.05, 4.69) is 81.4 Å². The van der Waals surface area contributed by atoms with Crippen molar-refractivity contribution in [3.05, 3.63) is 23.3 Å². The molecule has 58 heavy (non-hydrogen) atoms. The maximum Gasteiger partial charge on any atom is 0.0577 e. The summed E-state index contributed by atoms with van der Waals surface area (Å²) in [6, 6.07) is 0. The van der Waals surface area contributed by atoms with Crippen molar-refractivity contribution >= 4 is 24.8 Å². The molecule has 0 aliphatic heterocycles. The van der Waals surface area contributed by atoms with Crippen LogP contribution in [-0.4, -0.2) is 22.4 Å². The van der Waals surface area contributed by atoms with Gasteiger partial charge in [0.25, 0.3) is 0 Å². The normalized spacial score (nSPS) is 44.9. The molecule has 4 heteroatoms. The second-order valence-electron chi connectivity index (χ2n) is 24.4. The van der Waals surface area contributed by atoms with E-state index in [4.69, 9.17) is 0 Å². The van der Waals surface area contributed by atoms with Gasteiger partial charge in [-0.25, -0.2) is 0 Å². The summed E-state index contributed by atoms with van der Waals surface area (Å²) in [4.78, 5) is 0. The fourth-order valence-electron chi connectivity index (χ4n) is 17.3. The fraction of sp³-hybridized carbons (Fsp3) is 0.926. The van der Waals surface area contributed by atoms with Crippen LogP contribution in [0.2, 0.25) is 0 Å². The van der Waals surface area contributed by atoms with E-state index >= 15 is 0 Å². The van der Waals surface area contributed by atoms with Gasteiger partial charge in [-0.1, -0.05) is 131 Å². The van der Waals surface area contributed by atoms with Crippen LogP contribution in [0, 0.1) is 92.7 Å². The topological polar surface area (TPSA) is 40.5 Å². The van der Waals surface area contributed by atoms with Crippen molar-refractivity contribution in [3.8, 4) is 0 Å². The Hall–Kier alpha value is -0.0200. The molecule has 8 rings (SSSR count). The number of rotatable bonds is 10. The molecule has 6 fully saturated rings. The van der Waals surface area contributed by atoms with Crippen molar-refractivity contribution in [1.82, 2.24) is 0 Å². The van der Waals surface area contributed by atoms with Crippen LogP contribution in [0.5, 0.6) is 0 Å². The van der Waals surface area contributed by atoms with Crippen molar-refractivity contribution < 1.29 is 10.2 Å². The summed E-state index contributed by atoms with van der Waals surface area (Å²) >= 11 is 0. The SMILES string of the molecule is CC(C)CCCC(C)[C@H]1CC[C@H]2[C@@H]3CC=C4C[C@@H](O)CC[C@]4(C)[C@H]3CC[C@]12C.CC(C)CCCC(C)[C@H]1CC[C@H]2[C@@H]3CC=C4C[C@@H](O)CC[C@]4(C)[C@H]3CC[C@]12C.Cl.Cl. The molecule has 0 heterocycles. The molecule has 8 aliphatic rings. The minimum Gasteiger partial charge on any atom is -0.393 e. The van der Waals surface area contributed by atoms with Crippen LogP contribution in [0.1, 0.15) is 210 Å². The highest BCUT2D eigenvalue weighted by Crippen LogP contribution is 2.69. The third-order valence-corrected chi connectivity index (χ3v) is 20.6. The molecule has 8 aliphatic carbocycles. The second-order valence-corrected chi connectivity index (χ2v) is 24.4. The van der Waals surface area contributed by atoms with Gasteiger partial charge in [0, 0.05) is 0 Å². The number of halogens is 2. The Morgan fingerprint density at radius 3 is 1.24 bits per heavy atom. The van der Waals surface area contributed by atoms with Crippen molar-refractivity contribution in [2.75, 3.05) is 0 Å². The monoisotopic (exact) mass is 845 g/mol. The second kappa shape index (κ2) is 19.4. The third kappa shape index (κ3) is 9.15. The highest BCUT2D eigenvalue weighted by Gasteiger charge is 2.60. The lowest BCUT2D eigenvalue weighted by Gasteiger charge is -2.58. The van der Waals surface area contributed by atoms with Gasteiger partial charge >= 0.3 is 0 Å². The van der Waals surface area contributed by atoms with Gasteiger partial charge in [0.1, 0.15) is 0 Å². The van der Waals surface area contributed by atoms with E-state index in [9.17, 15) is 10.2 Å². The molecule has 2 nitrogen and oxygen atoms in total. The predicted molar refractivity (Wildman–Crippen MR) is 253 cm³/mol. The number of fused-ring (bicyclic) bond motifs is 10. The summed E-state index contributed by atoms with van der Waals surface area (Å²) in [7, 11) is 0. The number of aliphatic hydroxyl groups is 2. The number of aliphatic hydroxyl groups excluding tert-OH is 2. The number of hydrogen-bond donors (Lipinski definition) is 2. The lowest BCUT2D eigenvalue weighted by molar-refractivity contribution is -0.0573. The van der Waals surface area contributed by atoms with Crippen molar-refractivity contribution in [2.24, 2.45) is 92.7 Å². The summed E-state index contributed by atoms with van der Waals surface area (Å²) in [5.41, 5.74) is 5.21. The van der Waals surface area contributed by atoms with Gasteiger partial charge < -0.3 is 10.2 Å². The first-order valence-corrected chi connectivity index (χ1v) is 25.3. The van der Waals surface area contributed by atoms with E-state index in [1.165, 1.54) is 116 Å². The third-order valence-electron chi connectivity index (χ3n) is 20.6. The highest BCUT2D eigenvalue weighted by molar-refractivity contribution is 5.85. The molecule has 0 aromatic rings. The van der Waals surface area contributed by atoms with Crippen LogP contribution in [0.15, 0.2) is 23.3 Å². The summed E-state index contributed by atoms with van der Waals surface area (Å²) in [6.45, 7) is 25.1. The molecule has 0 amide bonds. The molecule has 0 saturated heterocycles. The first kappa shape index (κ1) is 49.0. The van der Waals surface area contributed by atoms with Crippen LogP contribution >= 0.6 is 24.8 Å². The van der Waals surface area contributed by atoms with Crippen molar-refractivity contribution in [3.63, 3.8) is 0 Å². The molecule has 0 bridgehead atoms. The zero-order valence-corrected chi connectivity index (χ0v) is 41.1. The van der Waals surface area contributed by atoms with E-state index in [1.807, 2.05) is 0 Å². The highest BCUT2D eigenvalue weighted by atomic mass is 35.5. The van der Waals surface area contributed by atoms with E-state index < -0.39 is 0 Å². The quantitative estimate of drug-likeness (QED) is 0.215. The molecular formula is C54H94Cl2O2. The minimum atomic E-state index is -0.0766. The van der Waals surface area contributed by atoms with Gasteiger partial charge in [0.05, 0.1) is 12.2 Å². The largest absolute Gasteiger partial charge is 0.393 e. The standard InChI is InChI=1S/2C27H46O.2ClH/c2*1-18(2)7-6-8-19(3)23-11-12-24-22-10-9-20-17-21(28)13-15-26(20,4)25(22)14-16-27(23,24)5;;/h2*9,18-19,21-25,28H,6-8,10-17H2,1-5H3;2*1H/t2*19?,21-,22-,23+,24-,25-,26-,27+;;/m00../s1. The van der Waals surface area contributed by atoms with Crippen LogP contribution in [0.4, 0.5) is 0 Å². The Kier molecular flexibility index (Phi) is 16.4. The Morgan fingerprint density at radius 2 is 0.879 bits per heavy atom. The average Bonchev–Trinajstić information content (AvgIpc) is 3.69. The van der Waals surface area contributed by atoms with E-state index in [0.717, 1.165) is 96.7 Å². The maximum atomic E-state index is 10.2. The van der Waals surface area contributed by atoms with Gasteiger partial charge in [-0.3, -0.25) is 0 Å². The summed E-state index contributed by atoms with van der Waals surface area (Å²) in [5.74, 6) is 10.9.